The van der Waals surface area contributed by atoms with Crippen molar-refractivity contribution in [3.8, 4) is 10.6 Å². The fourth-order valence-corrected chi connectivity index (χ4v) is 4.71. The summed E-state index contributed by atoms with van der Waals surface area (Å²) in [5, 5.41) is 15.2. The zero-order valence-electron chi connectivity index (χ0n) is 20.2. The molecule has 8 nitrogen and oxygen atoms in total. The minimum atomic E-state index is -0.301. The summed E-state index contributed by atoms with van der Waals surface area (Å²) >= 11 is 2.97. The quantitative estimate of drug-likeness (QED) is 0.454. The number of anilines is 2. The number of morpholine rings is 1. The van der Waals surface area contributed by atoms with Gasteiger partial charge in [-0.05, 0) is 24.0 Å². The van der Waals surface area contributed by atoms with E-state index in [2.05, 4.69) is 25.7 Å². The van der Waals surface area contributed by atoms with Gasteiger partial charge >= 0.3 is 0 Å². The Labute approximate surface area is 214 Å². The summed E-state index contributed by atoms with van der Waals surface area (Å²) < 4.78 is 5.34. The highest BCUT2D eigenvalue weighted by Gasteiger charge is 2.17. The van der Waals surface area contributed by atoms with E-state index in [4.69, 9.17) is 4.74 Å². The Balaban J connectivity index is 0.00000167. The predicted octanol–water partition coefficient (Wildman–Crippen LogP) is 4.62. The molecule has 1 aliphatic rings. The van der Waals surface area contributed by atoms with Gasteiger partial charge in [0.05, 0.1) is 19.8 Å². The van der Waals surface area contributed by atoms with Crippen molar-refractivity contribution in [3.05, 3.63) is 59.7 Å². The van der Waals surface area contributed by atoms with Crippen molar-refractivity contribution in [2.75, 3.05) is 49.7 Å². The van der Waals surface area contributed by atoms with E-state index in [9.17, 15) is 9.59 Å². The SMILES string of the molecule is CC.CSCc1ccc(C(=O)Nc2nnc(-c3ccccc3)s2)cc1NC(=O)CN1CCOCC1. The van der Waals surface area contributed by atoms with Crippen LogP contribution in [0.5, 0.6) is 0 Å². The lowest BCUT2D eigenvalue weighted by Crippen LogP contribution is -2.41. The topological polar surface area (TPSA) is 96.4 Å². The van der Waals surface area contributed by atoms with E-state index in [-0.39, 0.29) is 11.8 Å². The smallest absolute Gasteiger partial charge is 0.257 e. The molecule has 1 saturated heterocycles. The van der Waals surface area contributed by atoms with Gasteiger partial charge in [-0.1, -0.05) is 61.6 Å². The zero-order chi connectivity index (χ0) is 25.0. The number of benzene rings is 2. The molecule has 35 heavy (non-hydrogen) atoms. The van der Waals surface area contributed by atoms with Crippen molar-refractivity contribution in [3.63, 3.8) is 0 Å². The molecule has 1 aromatic heterocycles. The number of aromatic nitrogens is 2. The Morgan fingerprint density at radius 3 is 2.51 bits per heavy atom. The molecule has 0 spiro atoms. The van der Waals surface area contributed by atoms with Crippen molar-refractivity contribution < 1.29 is 14.3 Å². The molecule has 0 bridgehead atoms. The van der Waals surface area contributed by atoms with Crippen LogP contribution in [0.15, 0.2) is 48.5 Å². The van der Waals surface area contributed by atoms with Gasteiger partial charge in [0.1, 0.15) is 5.01 Å². The average Bonchev–Trinajstić information content (AvgIpc) is 3.36. The van der Waals surface area contributed by atoms with Gasteiger partial charge in [-0.25, -0.2) is 0 Å². The van der Waals surface area contributed by atoms with Gasteiger partial charge in [-0.15, -0.1) is 10.2 Å². The average molecular weight is 514 g/mol. The van der Waals surface area contributed by atoms with Crippen molar-refractivity contribution in [2.45, 2.75) is 19.6 Å². The molecule has 10 heteroatoms. The first-order valence-electron chi connectivity index (χ1n) is 11.5. The molecule has 2 aromatic carbocycles. The molecule has 2 N–H and O–H groups in total. The van der Waals surface area contributed by atoms with Gasteiger partial charge in [-0.2, -0.15) is 11.8 Å². The van der Waals surface area contributed by atoms with Crippen LogP contribution in [0.2, 0.25) is 0 Å². The summed E-state index contributed by atoms with van der Waals surface area (Å²) in [7, 11) is 0. The number of nitrogens with zero attached hydrogens (tertiary/aromatic N) is 3. The van der Waals surface area contributed by atoms with Crippen LogP contribution in [0.3, 0.4) is 0 Å². The van der Waals surface area contributed by atoms with Gasteiger partial charge in [-0.3, -0.25) is 19.8 Å². The first-order chi connectivity index (χ1) is 17.1. The summed E-state index contributed by atoms with van der Waals surface area (Å²) in [4.78, 5) is 27.6. The second-order valence-corrected chi connectivity index (χ2v) is 9.32. The number of nitrogens with one attached hydrogen (secondary N) is 2. The second kappa shape index (κ2) is 13.9. The van der Waals surface area contributed by atoms with Gasteiger partial charge < -0.3 is 10.1 Å². The van der Waals surface area contributed by atoms with Crippen LogP contribution in [0, 0.1) is 0 Å². The Morgan fingerprint density at radius 1 is 1.06 bits per heavy atom. The van der Waals surface area contributed by atoms with Gasteiger partial charge in [0.15, 0.2) is 0 Å². The maximum atomic E-state index is 12.9. The minimum absolute atomic E-state index is 0.103. The van der Waals surface area contributed by atoms with Crippen LogP contribution in [-0.4, -0.2) is 66.0 Å². The van der Waals surface area contributed by atoms with Crippen molar-refractivity contribution >= 4 is 45.7 Å². The number of carbonyl (C=O) groups is 2. The number of thioether (sulfide) groups is 1. The Hall–Kier alpha value is -2.79. The van der Waals surface area contributed by atoms with Crippen molar-refractivity contribution in [1.29, 1.82) is 0 Å². The number of ether oxygens (including phenoxy) is 1. The third-order valence-electron chi connectivity index (χ3n) is 5.08. The highest BCUT2D eigenvalue weighted by Crippen LogP contribution is 2.27. The van der Waals surface area contributed by atoms with Crippen LogP contribution in [0.1, 0.15) is 29.8 Å². The lowest BCUT2D eigenvalue weighted by atomic mass is 10.1. The van der Waals surface area contributed by atoms with Crippen molar-refractivity contribution in [2.24, 2.45) is 0 Å². The molecule has 0 saturated carbocycles. The van der Waals surface area contributed by atoms with Crippen molar-refractivity contribution in [1.82, 2.24) is 15.1 Å². The molecular formula is C25H31N5O3S2. The number of hydrogen-bond donors (Lipinski definition) is 2. The number of hydrogen-bond acceptors (Lipinski definition) is 8. The molecule has 0 unspecified atom stereocenters. The molecule has 186 valence electrons. The monoisotopic (exact) mass is 513 g/mol. The molecule has 1 aliphatic heterocycles. The van der Waals surface area contributed by atoms with E-state index in [1.54, 1.807) is 23.9 Å². The Morgan fingerprint density at radius 2 is 1.80 bits per heavy atom. The zero-order valence-corrected chi connectivity index (χ0v) is 21.9. The molecular weight excluding hydrogens is 482 g/mol. The maximum Gasteiger partial charge on any atom is 0.257 e. The van der Waals surface area contributed by atoms with E-state index in [1.165, 1.54) is 11.3 Å². The predicted molar refractivity (Wildman–Crippen MR) is 144 cm³/mol. The standard InChI is InChI=1S/C23H25N5O3S2.C2H6/c1-32-15-18-8-7-17(13-19(18)24-20(29)14-28-9-11-31-12-10-28)21(30)25-23-27-26-22(33-23)16-5-3-2-4-6-16;1-2/h2-8,13H,9-12,14-15H2,1H3,(H,24,29)(H,25,27,30);1-2H3. The fraction of sp³-hybridized carbons (Fsp3) is 0.360. The normalized spacial score (nSPS) is 13.5. The fourth-order valence-electron chi connectivity index (χ4n) is 3.41. The lowest BCUT2D eigenvalue weighted by molar-refractivity contribution is -0.118. The summed E-state index contributed by atoms with van der Waals surface area (Å²) in [5.74, 6) is 0.324. The van der Waals surface area contributed by atoms with Gasteiger partial charge in [0, 0.05) is 35.7 Å². The lowest BCUT2D eigenvalue weighted by Gasteiger charge is -2.26. The van der Waals surface area contributed by atoms with E-state index < -0.39 is 0 Å². The highest BCUT2D eigenvalue weighted by atomic mass is 32.2. The first-order valence-corrected chi connectivity index (χ1v) is 13.8. The molecule has 3 aromatic rings. The third-order valence-corrected chi connectivity index (χ3v) is 6.57. The third kappa shape index (κ3) is 7.86. The summed E-state index contributed by atoms with van der Waals surface area (Å²) in [5.41, 5.74) is 3.01. The molecule has 0 aliphatic carbocycles. The van der Waals surface area contributed by atoms with Crippen LogP contribution in [0.4, 0.5) is 10.8 Å². The Kier molecular flexibility index (Phi) is 10.7. The van der Waals surface area contributed by atoms with E-state index >= 15 is 0 Å². The second-order valence-electron chi connectivity index (χ2n) is 7.47. The minimum Gasteiger partial charge on any atom is -0.379 e. The largest absolute Gasteiger partial charge is 0.379 e. The number of carbonyl (C=O) groups excluding carboxylic acids is 2. The molecule has 2 amide bonds. The maximum absolute atomic E-state index is 12.9. The molecule has 0 atom stereocenters. The Bertz CT molecular complexity index is 1100. The summed E-state index contributed by atoms with van der Waals surface area (Å²) in [6.45, 7) is 7.04. The van der Waals surface area contributed by atoms with Crippen LogP contribution < -0.4 is 10.6 Å². The van der Waals surface area contributed by atoms with Gasteiger partial charge in [0.25, 0.3) is 5.91 Å². The molecule has 2 heterocycles. The van der Waals surface area contributed by atoms with Crippen LogP contribution >= 0.6 is 23.1 Å². The molecule has 4 rings (SSSR count). The highest BCUT2D eigenvalue weighted by molar-refractivity contribution is 7.97. The number of rotatable bonds is 8. The first kappa shape index (κ1) is 26.8. The summed E-state index contributed by atoms with van der Waals surface area (Å²) in [6.07, 6.45) is 2.00. The van der Waals surface area contributed by atoms with E-state index in [0.29, 0.717) is 36.1 Å². The number of amides is 2. The van der Waals surface area contributed by atoms with Gasteiger partial charge in [0.2, 0.25) is 11.0 Å². The summed E-state index contributed by atoms with van der Waals surface area (Å²) in [6, 6.07) is 15.1. The molecule has 1 fully saturated rings. The molecule has 0 radical (unpaired) electrons. The van der Waals surface area contributed by atoms with Crippen LogP contribution in [-0.2, 0) is 15.3 Å². The van der Waals surface area contributed by atoms with E-state index in [1.807, 2.05) is 56.5 Å². The van der Waals surface area contributed by atoms with Crippen LogP contribution in [0.25, 0.3) is 10.6 Å². The van der Waals surface area contributed by atoms with E-state index in [0.717, 1.165) is 35.0 Å².